The minimum atomic E-state index is -0.378. The summed E-state index contributed by atoms with van der Waals surface area (Å²) >= 11 is 0. The molecule has 1 aliphatic heterocycles. The molecule has 5 heteroatoms. The summed E-state index contributed by atoms with van der Waals surface area (Å²) in [5.74, 6) is 0.664. The first-order valence-electron chi connectivity index (χ1n) is 10.5. The number of hydrogen-bond acceptors (Lipinski definition) is 3. The summed E-state index contributed by atoms with van der Waals surface area (Å²) in [6.07, 6.45) is 3.43. The van der Waals surface area contributed by atoms with Crippen LogP contribution in [0.3, 0.4) is 0 Å². The van der Waals surface area contributed by atoms with Crippen molar-refractivity contribution in [1.82, 2.24) is 10.2 Å². The number of hydrogen-bond donors (Lipinski definition) is 1. The molecule has 2 aromatic carbocycles. The van der Waals surface area contributed by atoms with E-state index in [-0.39, 0.29) is 17.5 Å². The van der Waals surface area contributed by atoms with Gasteiger partial charge in [-0.1, -0.05) is 43.3 Å². The number of rotatable bonds is 9. The van der Waals surface area contributed by atoms with E-state index in [0.29, 0.717) is 26.0 Å². The summed E-state index contributed by atoms with van der Waals surface area (Å²) in [7, 11) is 0. The Bertz CT molecular complexity index is 788. The molecule has 3 rings (SSSR count). The number of benzene rings is 2. The van der Waals surface area contributed by atoms with Gasteiger partial charge in [-0.15, -0.1) is 0 Å². The molecule has 2 aromatic rings. The van der Waals surface area contributed by atoms with Gasteiger partial charge < -0.3 is 10.1 Å². The maximum atomic E-state index is 13.5. The smallest absolute Gasteiger partial charge is 0.220 e. The summed E-state index contributed by atoms with van der Waals surface area (Å²) in [5, 5.41) is 3.01. The number of piperidine rings is 1. The average molecular weight is 399 g/mol. The van der Waals surface area contributed by atoms with E-state index in [2.05, 4.69) is 35.3 Å². The number of halogens is 1. The molecule has 0 aromatic heterocycles. The van der Waals surface area contributed by atoms with Crippen molar-refractivity contribution in [3.8, 4) is 5.75 Å². The van der Waals surface area contributed by atoms with E-state index < -0.39 is 0 Å². The van der Waals surface area contributed by atoms with Gasteiger partial charge >= 0.3 is 0 Å². The van der Waals surface area contributed by atoms with E-state index in [9.17, 15) is 9.18 Å². The van der Waals surface area contributed by atoms with Gasteiger partial charge in [-0.05, 0) is 61.5 Å². The molecule has 0 bridgehead atoms. The van der Waals surface area contributed by atoms with Gasteiger partial charge in [0.2, 0.25) is 5.91 Å². The fraction of sp³-hybridized carbons (Fsp3) is 0.458. The molecule has 0 aliphatic carbocycles. The Morgan fingerprint density at radius 3 is 2.55 bits per heavy atom. The molecule has 0 spiro atoms. The lowest BCUT2D eigenvalue weighted by molar-refractivity contribution is -0.121. The van der Waals surface area contributed by atoms with Crippen molar-refractivity contribution < 1.29 is 13.9 Å². The molecule has 1 aliphatic rings. The third kappa shape index (κ3) is 6.86. The van der Waals surface area contributed by atoms with E-state index in [1.807, 2.05) is 6.07 Å². The van der Waals surface area contributed by atoms with Crippen molar-refractivity contribution in [1.29, 1.82) is 0 Å². The van der Waals surface area contributed by atoms with Gasteiger partial charge in [0.25, 0.3) is 0 Å². The van der Waals surface area contributed by atoms with E-state index in [4.69, 9.17) is 4.74 Å². The number of likely N-dealkylation sites (tertiary alicyclic amines) is 1. The topological polar surface area (TPSA) is 41.6 Å². The highest BCUT2D eigenvalue weighted by Gasteiger charge is 2.16. The molecule has 0 unspecified atom stereocenters. The molecule has 1 N–H and O–H groups in total. The van der Waals surface area contributed by atoms with Gasteiger partial charge in [-0.3, -0.25) is 9.69 Å². The van der Waals surface area contributed by atoms with Crippen molar-refractivity contribution >= 4 is 5.91 Å². The van der Waals surface area contributed by atoms with Crippen LogP contribution in [0.2, 0.25) is 0 Å². The number of carbonyl (C=O) groups excluding carboxylic acids is 1. The van der Waals surface area contributed by atoms with E-state index in [1.54, 1.807) is 18.2 Å². The van der Waals surface area contributed by atoms with Crippen molar-refractivity contribution in [2.45, 2.75) is 45.7 Å². The van der Waals surface area contributed by atoms with Crippen molar-refractivity contribution in [2.24, 2.45) is 5.92 Å². The third-order valence-corrected chi connectivity index (χ3v) is 5.51. The highest BCUT2D eigenvalue weighted by atomic mass is 19.1. The highest BCUT2D eigenvalue weighted by Crippen LogP contribution is 2.20. The standard InChI is InChI=1S/C24H31FN2O2/c1-19-12-14-27(15-13-19)18-21-8-3-2-7-20(21)17-26-24(28)11-6-16-29-23-10-5-4-9-22(23)25/h2-5,7-10,19H,6,11-18H2,1H3,(H,26,28). The van der Waals surface area contributed by atoms with Crippen molar-refractivity contribution in [2.75, 3.05) is 19.7 Å². The van der Waals surface area contributed by atoms with E-state index >= 15 is 0 Å². The fourth-order valence-electron chi connectivity index (χ4n) is 3.60. The fourth-order valence-corrected chi connectivity index (χ4v) is 3.60. The normalized spacial score (nSPS) is 15.2. The van der Waals surface area contributed by atoms with E-state index in [0.717, 1.165) is 25.6 Å². The van der Waals surface area contributed by atoms with Gasteiger partial charge in [0, 0.05) is 19.5 Å². The molecule has 1 saturated heterocycles. The predicted octanol–water partition coefficient (Wildman–Crippen LogP) is 4.53. The van der Waals surface area contributed by atoms with Crippen molar-refractivity contribution in [3.05, 3.63) is 65.5 Å². The van der Waals surface area contributed by atoms with Gasteiger partial charge in [0.1, 0.15) is 0 Å². The first-order valence-corrected chi connectivity index (χ1v) is 10.5. The Morgan fingerprint density at radius 2 is 1.79 bits per heavy atom. The summed E-state index contributed by atoms with van der Waals surface area (Å²) in [4.78, 5) is 14.7. The number of amides is 1. The van der Waals surface area contributed by atoms with Crippen LogP contribution in [0.15, 0.2) is 48.5 Å². The highest BCUT2D eigenvalue weighted by molar-refractivity contribution is 5.75. The maximum absolute atomic E-state index is 13.5. The molecule has 4 nitrogen and oxygen atoms in total. The van der Waals surface area contributed by atoms with Crippen LogP contribution in [-0.2, 0) is 17.9 Å². The Kier molecular flexibility index (Phi) is 8.05. The molecular weight excluding hydrogens is 367 g/mol. The third-order valence-electron chi connectivity index (χ3n) is 5.51. The average Bonchev–Trinajstić information content (AvgIpc) is 2.73. The van der Waals surface area contributed by atoms with Crippen LogP contribution >= 0.6 is 0 Å². The van der Waals surface area contributed by atoms with Crippen LogP contribution in [0, 0.1) is 11.7 Å². The number of para-hydroxylation sites is 1. The lowest BCUT2D eigenvalue weighted by atomic mass is 9.98. The number of nitrogens with zero attached hydrogens (tertiary/aromatic N) is 1. The maximum Gasteiger partial charge on any atom is 0.220 e. The van der Waals surface area contributed by atoms with Crippen LogP contribution in [0.4, 0.5) is 4.39 Å². The molecule has 1 fully saturated rings. The van der Waals surface area contributed by atoms with Gasteiger partial charge in [0.15, 0.2) is 11.6 Å². The zero-order valence-electron chi connectivity index (χ0n) is 17.2. The molecule has 29 heavy (non-hydrogen) atoms. The number of nitrogens with one attached hydrogen (secondary N) is 1. The molecule has 1 amide bonds. The molecular formula is C24H31FN2O2. The van der Waals surface area contributed by atoms with Crippen LogP contribution in [0.25, 0.3) is 0 Å². The summed E-state index contributed by atoms with van der Waals surface area (Å²) in [5.41, 5.74) is 2.45. The quantitative estimate of drug-likeness (QED) is 0.631. The lowest BCUT2D eigenvalue weighted by Crippen LogP contribution is -2.33. The Morgan fingerprint density at radius 1 is 1.10 bits per heavy atom. The van der Waals surface area contributed by atoms with Crippen molar-refractivity contribution in [3.63, 3.8) is 0 Å². The van der Waals surface area contributed by atoms with Gasteiger partial charge in [-0.25, -0.2) is 4.39 Å². The molecule has 0 atom stereocenters. The lowest BCUT2D eigenvalue weighted by Gasteiger charge is -2.30. The Labute approximate surface area is 173 Å². The second-order valence-corrected chi connectivity index (χ2v) is 7.89. The summed E-state index contributed by atoms with van der Waals surface area (Å²) in [6, 6.07) is 14.6. The second kappa shape index (κ2) is 11.0. The predicted molar refractivity (Wildman–Crippen MR) is 113 cm³/mol. The Balaban J connectivity index is 1.40. The van der Waals surface area contributed by atoms with Crippen LogP contribution in [0.5, 0.6) is 5.75 Å². The van der Waals surface area contributed by atoms with Crippen LogP contribution in [-0.4, -0.2) is 30.5 Å². The molecule has 1 heterocycles. The molecule has 156 valence electrons. The summed E-state index contributed by atoms with van der Waals surface area (Å²) in [6.45, 7) is 6.40. The van der Waals surface area contributed by atoms with Gasteiger partial charge in [-0.2, -0.15) is 0 Å². The molecule has 0 radical (unpaired) electrons. The zero-order valence-corrected chi connectivity index (χ0v) is 17.2. The zero-order chi connectivity index (χ0) is 20.5. The number of carbonyl (C=O) groups is 1. The first kappa shape index (κ1) is 21.3. The second-order valence-electron chi connectivity index (χ2n) is 7.89. The SMILES string of the molecule is CC1CCN(Cc2ccccc2CNC(=O)CCCOc2ccccc2F)CC1. The monoisotopic (exact) mass is 398 g/mol. The minimum absolute atomic E-state index is 0.0104. The van der Waals surface area contributed by atoms with Crippen LogP contribution in [0.1, 0.15) is 43.7 Å². The largest absolute Gasteiger partial charge is 0.491 e. The molecule has 0 saturated carbocycles. The first-order chi connectivity index (χ1) is 14.1. The minimum Gasteiger partial charge on any atom is -0.491 e. The number of ether oxygens (including phenoxy) is 1. The van der Waals surface area contributed by atoms with Gasteiger partial charge in [0.05, 0.1) is 6.61 Å². The Hall–Kier alpha value is -2.40. The van der Waals surface area contributed by atoms with E-state index in [1.165, 1.54) is 30.0 Å². The summed E-state index contributed by atoms with van der Waals surface area (Å²) < 4.78 is 18.9. The van der Waals surface area contributed by atoms with Crippen LogP contribution < -0.4 is 10.1 Å².